The average molecular weight is 344 g/mol. The van der Waals surface area contributed by atoms with E-state index in [0.717, 1.165) is 19.4 Å². The van der Waals surface area contributed by atoms with Gasteiger partial charge in [0.05, 0.1) is 6.26 Å². The van der Waals surface area contributed by atoms with Gasteiger partial charge in [-0.15, -0.1) is 0 Å². The lowest BCUT2D eigenvalue weighted by Crippen LogP contribution is -2.48. The van der Waals surface area contributed by atoms with Crippen molar-refractivity contribution in [1.82, 2.24) is 9.29 Å². The molecule has 1 unspecified atom stereocenters. The fraction of sp³-hybridized carbons (Fsp3) is 0.500. The van der Waals surface area contributed by atoms with Crippen LogP contribution in [0.25, 0.3) is 11.1 Å². The van der Waals surface area contributed by atoms with Gasteiger partial charge in [0.1, 0.15) is 5.52 Å². The Morgan fingerprint density at radius 1 is 1.45 bits per heavy atom. The van der Waals surface area contributed by atoms with E-state index in [1.54, 1.807) is 25.2 Å². The summed E-state index contributed by atoms with van der Waals surface area (Å²) in [6.07, 6.45) is 2.96. The average Bonchev–Trinajstić information content (AvgIpc) is 2.88. The predicted molar refractivity (Wildman–Crippen MR) is 86.9 cm³/mol. The predicted octanol–water partition coefficient (Wildman–Crippen LogP) is 2.34. The minimum Gasteiger partial charge on any atom is -0.423 e. The van der Waals surface area contributed by atoms with Crippen LogP contribution in [0.5, 0.6) is 0 Å². The molecule has 0 radical (unpaired) electrons. The molecule has 1 fully saturated rings. The van der Waals surface area contributed by atoms with Gasteiger partial charge < -0.3 is 9.32 Å². The van der Waals surface area contributed by atoms with Crippen LogP contribution in [0, 0.1) is 0 Å². The van der Waals surface area contributed by atoms with E-state index in [2.05, 4.69) is 4.98 Å². The van der Waals surface area contributed by atoms with Crippen LogP contribution in [0.15, 0.2) is 22.6 Å². The molecule has 0 saturated carbocycles. The fourth-order valence-corrected chi connectivity index (χ4v) is 3.60. The number of anilines is 1. The highest BCUT2D eigenvalue weighted by atomic mass is 35.5. The van der Waals surface area contributed by atoms with Crippen LogP contribution in [0.3, 0.4) is 0 Å². The maximum atomic E-state index is 11.7. The third-order valence-electron chi connectivity index (χ3n) is 4.04. The Labute approximate surface area is 134 Å². The maximum Gasteiger partial charge on any atom is 0.298 e. The summed E-state index contributed by atoms with van der Waals surface area (Å²) >= 11 is 5.96. The Hall–Kier alpha value is -1.31. The fourth-order valence-electron chi connectivity index (χ4n) is 2.72. The second-order valence-corrected chi connectivity index (χ2v) is 8.11. The molecular formula is C14H18ClN3O3S. The molecule has 0 spiro atoms. The van der Waals surface area contributed by atoms with Crippen LogP contribution in [0.4, 0.5) is 6.01 Å². The van der Waals surface area contributed by atoms with Crippen molar-refractivity contribution in [1.29, 1.82) is 0 Å². The van der Waals surface area contributed by atoms with Crippen molar-refractivity contribution in [3.8, 4) is 0 Å². The van der Waals surface area contributed by atoms with Gasteiger partial charge in [-0.2, -0.15) is 4.98 Å². The van der Waals surface area contributed by atoms with Crippen molar-refractivity contribution in [2.75, 3.05) is 31.3 Å². The number of hydrogen-bond acceptors (Lipinski definition) is 5. The van der Waals surface area contributed by atoms with Crippen molar-refractivity contribution >= 4 is 38.7 Å². The number of nitrogens with zero attached hydrogens (tertiary/aromatic N) is 3. The van der Waals surface area contributed by atoms with E-state index in [0.29, 0.717) is 28.7 Å². The third-order valence-corrected chi connectivity index (χ3v) is 5.62. The monoisotopic (exact) mass is 343 g/mol. The van der Waals surface area contributed by atoms with Gasteiger partial charge in [-0.3, -0.25) is 0 Å². The van der Waals surface area contributed by atoms with Crippen molar-refractivity contribution in [3.63, 3.8) is 0 Å². The molecule has 8 heteroatoms. The van der Waals surface area contributed by atoms with Gasteiger partial charge in [-0.05, 0) is 31.0 Å². The van der Waals surface area contributed by atoms with E-state index < -0.39 is 10.0 Å². The van der Waals surface area contributed by atoms with E-state index in [-0.39, 0.29) is 6.04 Å². The van der Waals surface area contributed by atoms with Gasteiger partial charge in [-0.1, -0.05) is 11.6 Å². The van der Waals surface area contributed by atoms with Crippen molar-refractivity contribution in [3.05, 3.63) is 23.2 Å². The summed E-state index contributed by atoms with van der Waals surface area (Å²) < 4.78 is 30.6. The SMILES string of the molecule is CN(C1CCCN(c2nc3cc(Cl)ccc3o2)C1)S(C)(=O)=O. The number of oxazole rings is 1. The summed E-state index contributed by atoms with van der Waals surface area (Å²) in [6, 6.07) is 5.76. The van der Waals surface area contributed by atoms with Crippen molar-refractivity contribution in [2.45, 2.75) is 18.9 Å². The zero-order chi connectivity index (χ0) is 15.9. The first-order valence-corrected chi connectivity index (χ1v) is 9.31. The molecule has 2 aromatic rings. The van der Waals surface area contributed by atoms with E-state index >= 15 is 0 Å². The largest absolute Gasteiger partial charge is 0.423 e. The Bertz CT molecular complexity index is 790. The summed E-state index contributed by atoms with van der Waals surface area (Å²) in [5.74, 6) is 0. The van der Waals surface area contributed by atoms with Gasteiger partial charge >= 0.3 is 0 Å². The summed E-state index contributed by atoms with van der Waals surface area (Å²) in [4.78, 5) is 6.45. The number of hydrogen-bond donors (Lipinski definition) is 0. The molecule has 22 heavy (non-hydrogen) atoms. The summed E-state index contributed by atoms with van der Waals surface area (Å²) in [6.45, 7) is 1.37. The molecule has 0 bridgehead atoms. The van der Waals surface area contributed by atoms with Gasteiger partial charge in [0.2, 0.25) is 10.0 Å². The zero-order valence-electron chi connectivity index (χ0n) is 12.5. The molecular weight excluding hydrogens is 326 g/mol. The van der Waals surface area contributed by atoms with E-state index in [9.17, 15) is 8.42 Å². The first-order valence-electron chi connectivity index (χ1n) is 7.08. The second kappa shape index (κ2) is 5.72. The topological polar surface area (TPSA) is 66.7 Å². The third kappa shape index (κ3) is 3.06. The summed E-state index contributed by atoms with van der Waals surface area (Å²) in [5.41, 5.74) is 1.39. The quantitative estimate of drug-likeness (QED) is 0.855. The number of rotatable bonds is 3. The number of benzene rings is 1. The number of likely N-dealkylation sites (N-methyl/N-ethyl adjacent to an activating group) is 1. The van der Waals surface area contributed by atoms with Gasteiger partial charge in [-0.25, -0.2) is 12.7 Å². The molecule has 1 aliphatic heterocycles. The minimum atomic E-state index is -3.20. The highest BCUT2D eigenvalue weighted by Gasteiger charge is 2.29. The van der Waals surface area contributed by atoms with Gasteiger partial charge in [0.15, 0.2) is 5.58 Å². The summed E-state index contributed by atoms with van der Waals surface area (Å²) in [5, 5.41) is 0.612. The van der Waals surface area contributed by atoms with Crippen LogP contribution < -0.4 is 4.90 Å². The number of aromatic nitrogens is 1. The highest BCUT2D eigenvalue weighted by molar-refractivity contribution is 7.88. The molecule has 0 aliphatic carbocycles. The molecule has 6 nitrogen and oxygen atoms in total. The maximum absolute atomic E-state index is 11.7. The van der Waals surface area contributed by atoms with Crippen LogP contribution in [0.1, 0.15) is 12.8 Å². The van der Waals surface area contributed by atoms with Crippen LogP contribution in [-0.2, 0) is 10.0 Å². The molecule has 1 saturated heterocycles. The molecule has 1 aromatic heterocycles. The standard InChI is InChI=1S/C14H18ClN3O3S/c1-17(22(2,19)20)11-4-3-7-18(9-11)14-16-12-8-10(15)5-6-13(12)21-14/h5-6,8,11H,3-4,7,9H2,1-2H3. The lowest BCUT2D eigenvalue weighted by atomic mass is 10.1. The number of piperidine rings is 1. The lowest BCUT2D eigenvalue weighted by molar-refractivity contribution is 0.315. The first-order chi connectivity index (χ1) is 10.3. The van der Waals surface area contributed by atoms with E-state index in [4.69, 9.17) is 16.0 Å². The minimum absolute atomic E-state index is 0.0673. The van der Waals surface area contributed by atoms with Crippen LogP contribution in [0.2, 0.25) is 5.02 Å². The zero-order valence-corrected chi connectivity index (χ0v) is 14.1. The first kappa shape index (κ1) is 15.6. The Balaban J connectivity index is 1.84. The second-order valence-electron chi connectivity index (χ2n) is 5.63. The van der Waals surface area contributed by atoms with Gasteiger partial charge in [0, 0.05) is 31.2 Å². The van der Waals surface area contributed by atoms with Crippen LogP contribution in [-0.4, -0.2) is 50.1 Å². The van der Waals surface area contributed by atoms with E-state index in [1.807, 2.05) is 4.90 Å². The van der Waals surface area contributed by atoms with E-state index in [1.165, 1.54) is 10.6 Å². The lowest BCUT2D eigenvalue weighted by Gasteiger charge is -2.35. The molecule has 1 aromatic carbocycles. The van der Waals surface area contributed by atoms with Crippen molar-refractivity contribution in [2.24, 2.45) is 0 Å². The molecule has 120 valence electrons. The normalized spacial score (nSPS) is 20.0. The number of sulfonamides is 1. The molecule has 1 aliphatic rings. The Morgan fingerprint density at radius 2 is 2.23 bits per heavy atom. The number of fused-ring (bicyclic) bond motifs is 1. The molecule has 1 atom stereocenters. The van der Waals surface area contributed by atoms with Crippen molar-refractivity contribution < 1.29 is 12.8 Å². The molecule has 2 heterocycles. The van der Waals surface area contributed by atoms with Crippen LogP contribution >= 0.6 is 11.6 Å². The molecule has 0 amide bonds. The Morgan fingerprint density at radius 3 is 2.95 bits per heavy atom. The smallest absolute Gasteiger partial charge is 0.298 e. The molecule has 3 rings (SSSR count). The summed E-state index contributed by atoms with van der Waals surface area (Å²) in [7, 11) is -1.58. The molecule has 0 N–H and O–H groups in total. The highest BCUT2D eigenvalue weighted by Crippen LogP contribution is 2.27. The Kier molecular flexibility index (Phi) is 4.05. The van der Waals surface area contributed by atoms with Gasteiger partial charge in [0.25, 0.3) is 6.01 Å². The number of halogens is 1.